The number of hydrogen-bond acceptors (Lipinski definition) is 5. The molecule has 20 heavy (non-hydrogen) atoms. The Kier molecular flexibility index (Phi) is 8.74. The van der Waals surface area contributed by atoms with Crippen molar-refractivity contribution in [1.29, 1.82) is 0 Å². The molecule has 0 fully saturated rings. The Morgan fingerprint density at radius 3 is 2.35 bits per heavy atom. The fourth-order valence-electron chi connectivity index (χ4n) is 1.58. The Bertz CT molecular complexity index is 363. The summed E-state index contributed by atoms with van der Waals surface area (Å²) in [4.78, 5) is 11.8. The quantitative estimate of drug-likeness (QED) is 0.339. The van der Waals surface area contributed by atoms with E-state index < -0.39 is 36.9 Å². The van der Waals surface area contributed by atoms with Crippen molar-refractivity contribution < 1.29 is 24.9 Å². The maximum atomic E-state index is 11.8. The van der Waals surface area contributed by atoms with Crippen LogP contribution in [0.15, 0.2) is 37.0 Å². The molecule has 0 aliphatic heterocycles. The number of methoxy groups -OCH3 is 1. The van der Waals surface area contributed by atoms with Gasteiger partial charge in [-0.2, -0.15) is 0 Å². The Hall–Kier alpha value is -1.47. The highest BCUT2D eigenvalue weighted by Gasteiger charge is 2.30. The summed E-state index contributed by atoms with van der Waals surface area (Å²) in [7, 11) is 1.31. The summed E-state index contributed by atoms with van der Waals surface area (Å²) in [5.74, 6) is -0.448. The zero-order chi connectivity index (χ0) is 15.7. The number of aliphatic hydroxyl groups is 3. The zero-order valence-electron chi connectivity index (χ0n) is 11.8. The molecule has 0 bridgehead atoms. The minimum Gasteiger partial charge on any atom is -0.394 e. The van der Waals surface area contributed by atoms with Crippen molar-refractivity contribution in [2.75, 3.05) is 13.7 Å². The van der Waals surface area contributed by atoms with E-state index in [0.29, 0.717) is 5.57 Å². The van der Waals surface area contributed by atoms with Crippen molar-refractivity contribution in [1.82, 2.24) is 5.32 Å². The van der Waals surface area contributed by atoms with Crippen molar-refractivity contribution >= 4 is 5.91 Å². The number of aliphatic hydroxyl groups excluding tert-OH is 3. The van der Waals surface area contributed by atoms with Crippen LogP contribution in [0.3, 0.4) is 0 Å². The number of carbonyl (C=O) groups is 1. The Morgan fingerprint density at radius 1 is 1.35 bits per heavy atom. The predicted molar refractivity (Wildman–Crippen MR) is 76.0 cm³/mol. The van der Waals surface area contributed by atoms with Gasteiger partial charge in [0.05, 0.1) is 12.6 Å². The summed E-state index contributed by atoms with van der Waals surface area (Å²) in [5.41, 5.74) is 0.291. The third kappa shape index (κ3) is 5.26. The van der Waals surface area contributed by atoms with Gasteiger partial charge in [-0.1, -0.05) is 31.4 Å². The molecule has 6 nitrogen and oxygen atoms in total. The molecule has 1 amide bonds. The molecule has 0 radical (unpaired) electrons. The van der Waals surface area contributed by atoms with Gasteiger partial charge in [0, 0.05) is 12.7 Å². The van der Waals surface area contributed by atoms with E-state index in [-0.39, 0.29) is 0 Å². The molecule has 0 aromatic carbocycles. The second-order valence-electron chi connectivity index (χ2n) is 4.26. The second-order valence-corrected chi connectivity index (χ2v) is 4.26. The molecule has 0 aliphatic carbocycles. The van der Waals surface area contributed by atoms with Crippen LogP contribution in [0.4, 0.5) is 0 Å². The van der Waals surface area contributed by atoms with Crippen LogP contribution in [0, 0.1) is 0 Å². The molecule has 0 saturated carbocycles. The molecular formula is C14H23NO5. The highest BCUT2D eigenvalue weighted by molar-refractivity contribution is 5.96. The molecule has 6 heteroatoms. The first-order valence-corrected chi connectivity index (χ1v) is 6.18. The Labute approximate surface area is 119 Å². The van der Waals surface area contributed by atoms with E-state index in [1.165, 1.54) is 32.3 Å². The Morgan fingerprint density at radius 2 is 1.95 bits per heavy atom. The van der Waals surface area contributed by atoms with Gasteiger partial charge in [-0.15, -0.1) is 0 Å². The summed E-state index contributed by atoms with van der Waals surface area (Å²) in [6.07, 6.45) is 0.745. The van der Waals surface area contributed by atoms with Gasteiger partial charge in [0.15, 0.2) is 0 Å². The van der Waals surface area contributed by atoms with E-state index >= 15 is 0 Å². The highest BCUT2D eigenvalue weighted by atomic mass is 16.5. The predicted octanol–water partition coefficient (Wildman–Crippen LogP) is -0.481. The summed E-state index contributed by atoms with van der Waals surface area (Å²) >= 11 is 0. The van der Waals surface area contributed by atoms with Crippen molar-refractivity contribution in [2.45, 2.75) is 31.3 Å². The van der Waals surface area contributed by atoms with E-state index in [0.717, 1.165) is 0 Å². The number of allylic oxidation sites excluding steroid dienone is 2. The van der Waals surface area contributed by atoms with Crippen molar-refractivity contribution in [3.05, 3.63) is 37.0 Å². The van der Waals surface area contributed by atoms with Crippen LogP contribution in [0.2, 0.25) is 0 Å². The minimum absolute atomic E-state index is 0.291. The average Bonchev–Trinajstić information content (AvgIpc) is 2.44. The lowest BCUT2D eigenvalue weighted by Crippen LogP contribution is -2.51. The largest absolute Gasteiger partial charge is 0.394 e. The van der Waals surface area contributed by atoms with Crippen LogP contribution in [-0.4, -0.2) is 59.3 Å². The molecule has 0 spiro atoms. The van der Waals surface area contributed by atoms with Gasteiger partial charge >= 0.3 is 0 Å². The van der Waals surface area contributed by atoms with Crippen molar-refractivity contribution in [3.63, 3.8) is 0 Å². The van der Waals surface area contributed by atoms with Crippen LogP contribution in [0.5, 0.6) is 0 Å². The third-order valence-electron chi connectivity index (χ3n) is 2.86. The lowest BCUT2D eigenvalue weighted by Gasteiger charge is -2.28. The minimum atomic E-state index is -1.32. The number of amides is 1. The first-order chi connectivity index (χ1) is 9.42. The molecule has 0 rings (SSSR count). The van der Waals surface area contributed by atoms with Gasteiger partial charge in [0.2, 0.25) is 0 Å². The standard InChI is InChI=1S/C14H23NO5/c1-5-7-10(6-2)14(19)15-9(3)12(17)13(18)11(8-16)20-4/h5-7,9,11-13,16-18H,1-2,8H2,3-4H3,(H,15,19)/b10-7+. The summed E-state index contributed by atoms with van der Waals surface area (Å²) in [6, 6.07) is -0.741. The maximum absolute atomic E-state index is 11.8. The van der Waals surface area contributed by atoms with Crippen LogP contribution in [0.25, 0.3) is 0 Å². The van der Waals surface area contributed by atoms with E-state index in [9.17, 15) is 15.0 Å². The van der Waals surface area contributed by atoms with Gasteiger partial charge in [0.25, 0.3) is 5.91 Å². The second kappa shape index (κ2) is 9.44. The number of carbonyl (C=O) groups excluding carboxylic acids is 1. The van der Waals surface area contributed by atoms with E-state index in [2.05, 4.69) is 18.5 Å². The first kappa shape index (κ1) is 18.5. The molecule has 0 aliphatic rings. The summed E-state index contributed by atoms with van der Waals surface area (Å²) in [6.45, 7) is 8.07. The third-order valence-corrected chi connectivity index (χ3v) is 2.86. The van der Waals surface area contributed by atoms with E-state index in [1.54, 1.807) is 0 Å². The SMILES string of the molecule is C=C/C=C(\C=C)C(=O)NC(C)C(O)C(O)C(CO)OC. The normalized spacial score (nSPS) is 17.8. The van der Waals surface area contributed by atoms with Gasteiger partial charge < -0.3 is 25.4 Å². The maximum Gasteiger partial charge on any atom is 0.251 e. The van der Waals surface area contributed by atoms with Crippen LogP contribution < -0.4 is 5.32 Å². The highest BCUT2D eigenvalue weighted by Crippen LogP contribution is 2.08. The molecule has 0 heterocycles. The van der Waals surface area contributed by atoms with Gasteiger partial charge in [-0.3, -0.25) is 4.79 Å². The van der Waals surface area contributed by atoms with Gasteiger partial charge in [-0.05, 0) is 6.92 Å². The first-order valence-electron chi connectivity index (χ1n) is 6.18. The number of ether oxygens (including phenoxy) is 1. The molecule has 4 unspecified atom stereocenters. The van der Waals surface area contributed by atoms with Crippen LogP contribution >= 0.6 is 0 Å². The zero-order valence-corrected chi connectivity index (χ0v) is 11.8. The number of hydrogen-bond donors (Lipinski definition) is 4. The summed E-state index contributed by atoms with van der Waals surface area (Å²) in [5, 5.41) is 31.3. The molecule has 114 valence electrons. The number of rotatable bonds is 9. The lowest BCUT2D eigenvalue weighted by molar-refractivity contribution is -0.122. The number of nitrogens with one attached hydrogen (secondary N) is 1. The molecule has 4 atom stereocenters. The van der Waals surface area contributed by atoms with Crippen LogP contribution in [0.1, 0.15) is 6.92 Å². The van der Waals surface area contributed by atoms with Gasteiger partial charge in [-0.25, -0.2) is 0 Å². The average molecular weight is 285 g/mol. The molecule has 0 aromatic rings. The fourth-order valence-corrected chi connectivity index (χ4v) is 1.58. The topological polar surface area (TPSA) is 99.0 Å². The molecule has 0 saturated heterocycles. The van der Waals surface area contributed by atoms with E-state index in [1.807, 2.05) is 0 Å². The Balaban J connectivity index is 4.71. The molecule has 0 aromatic heterocycles. The van der Waals surface area contributed by atoms with E-state index in [4.69, 9.17) is 9.84 Å². The lowest BCUT2D eigenvalue weighted by atomic mass is 10.0. The monoisotopic (exact) mass is 285 g/mol. The molecule has 4 N–H and O–H groups in total. The smallest absolute Gasteiger partial charge is 0.251 e. The van der Waals surface area contributed by atoms with Gasteiger partial charge in [0.1, 0.15) is 18.3 Å². The van der Waals surface area contributed by atoms with Crippen LogP contribution in [-0.2, 0) is 9.53 Å². The van der Waals surface area contributed by atoms with Crippen molar-refractivity contribution in [3.8, 4) is 0 Å². The van der Waals surface area contributed by atoms with Crippen molar-refractivity contribution in [2.24, 2.45) is 0 Å². The summed E-state index contributed by atoms with van der Waals surface area (Å²) < 4.78 is 4.83. The fraction of sp³-hybridized carbons (Fsp3) is 0.500. The molecular weight excluding hydrogens is 262 g/mol.